The van der Waals surface area contributed by atoms with Gasteiger partial charge >= 0.3 is 0 Å². The van der Waals surface area contributed by atoms with Crippen LogP contribution in [-0.4, -0.2) is 0 Å². The maximum Gasteiger partial charge on any atom is 0.0361 e. The summed E-state index contributed by atoms with van der Waals surface area (Å²) in [5.74, 6) is 0.375. The molecule has 0 nitrogen and oxygen atoms in total. The molecule has 0 saturated heterocycles. The largest absolute Gasteiger partial charge is 0.0620 e. The molecule has 0 aromatic heterocycles. The zero-order valence-electron chi connectivity index (χ0n) is 13.3. The maximum atomic E-state index is 2.33. The summed E-state index contributed by atoms with van der Waals surface area (Å²) in [6.45, 7) is 0. The highest BCUT2D eigenvalue weighted by molar-refractivity contribution is 5.99. The van der Waals surface area contributed by atoms with Gasteiger partial charge in [-0.2, -0.15) is 0 Å². The van der Waals surface area contributed by atoms with Crippen LogP contribution in [0.25, 0.3) is 21.9 Å². The van der Waals surface area contributed by atoms with Gasteiger partial charge in [0.15, 0.2) is 0 Å². The summed E-state index contributed by atoms with van der Waals surface area (Å²) in [4.78, 5) is 0. The first-order valence-electron chi connectivity index (χ1n) is 8.63. The standard InChI is InChI=1S/C24H16/c1-2-9-18-16(6-1)14-17-8-5-7-15-12-13-21-19-10-3-4-11-20(19)23(18)24(21)22(15)17/h1-13,23H,14H2. The summed E-state index contributed by atoms with van der Waals surface area (Å²) >= 11 is 0. The molecule has 24 heavy (non-hydrogen) atoms. The SMILES string of the molecule is c1ccc2c(c1)Cc1cccc3ccc4c(c13)C2c1ccccc1-4. The van der Waals surface area contributed by atoms with Crippen molar-refractivity contribution in [3.63, 3.8) is 0 Å². The van der Waals surface area contributed by atoms with Crippen molar-refractivity contribution in [1.82, 2.24) is 0 Å². The van der Waals surface area contributed by atoms with Gasteiger partial charge in [-0.25, -0.2) is 0 Å². The first-order chi connectivity index (χ1) is 11.9. The van der Waals surface area contributed by atoms with Crippen molar-refractivity contribution in [3.05, 3.63) is 107 Å². The summed E-state index contributed by atoms with van der Waals surface area (Å²) in [7, 11) is 0. The van der Waals surface area contributed by atoms with Gasteiger partial charge in [0, 0.05) is 5.92 Å². The molecule has 112 valence electrons. The Morgan fingerprint density at radius 1 is 0.583 bits per heavy atom. The normalized spacial score (nSPS) is 16.6. The minimum Gasteiger partial charge on any atom is -0.0620 e. The quantitative estimate of drug-likeness (QED) is 0.327. The molecule has 0 radical (unpaired) electrons. The van der Waals surface area contributed by atoms with Crippen LogP contribution >= 0.6 is 0 Å². The highest BCUT2D eigenvalue weighted by Crippen LogP contribution is 2.53. The number of hydrogen-bond donors (Lipinski definition) is 0. The molecule has 2 aliphatic carbocycles. The number of rotatable bonds is 0. The highest BCUT2D eigenvalue weighted by atomic mass is 14.4. The summed E-state index contributed by atoms with van der Waals surface area (Å²) in [5, 5.41) is 2.85. The third-order valence-corrected chi connectivity index (χ3v) is 5.77. The predicted molar refractivity (Wildman–Crippen MR) is 99.6 cm³/mol. The van der Waals surface area contributed by atoms with E-state index in [1.165, 1.54) is 49.7 Å². The molecule has 4 aromatic rings. The molecular weight excluding hydrogens is 288 g/mol. The lowest BCUT2D eigenvalue weighted by Crippen LogP contribution is -2.01. The molecule has 0 fully saturated rings. The van der Waals surface area contributed by atoms with Gasteiger partial charge < -0.3 is 0 Å². The molecule has 0 heteroatoms. The summed E-state index contributed by atoms with van der Waals surface area (Å²) < 4.78 is 0. The fraction of sp³-hybridized carbons (Fsp3) is 0.0833. The van der Waals surface area contributed by atoms with Gasteiger partial charge in [-0.1, -0.05) is 78.9 Å². The molecule has 1 unspecified atom stereocenters. The third-order valence-electron chi connectivity index (χ3n) is 5.77. The fourth-order valence-electron chi connectivity index (χ4n) is 4.82. The second-order valence-corrected chi connectivity index (χ2v) is 6.94. The van der Waals surface area contributed by atoms with E-state index < -0.39 is 0 Å². The van der Waals surface area contributed by atoms with E-state index in [2.05, 4.69) is 78.9 Å². The zero-order valence-corrected chi connectivity index (χ0v) is 13.3. The van der Waals surface area contributed by atoms with Crippen molar-refractivity contribution < 1.29 is 0 Å². The van der Waals surface area contributed by atoms with Gasteiger partial charge in [0.1, 0.15) is 0 Å². The van der Waals surface area contributed by atoms with E-state index in [9.17, 15) is 0 Å². The number of benzene rings is 4. The van der Waals surface area contributed by atoms with Gasteiger partial charge in [0.2, 0.25) is 0 Å². The Labute approximate surface area is 141 Å². The molecule has 0 amide bonds. The Kier molecular flexibility index (Phi) is 2.28. The van der Waals surface area contributed by atoms with Crippen molar-refractivity contribution in [2.75, 3.05) is 0 Å². The first-order valence-corrected chi connectivity index (χ1v) is 8.63. The summed E-state index contributed by atoms with van der Waals surface area (Å²) in [6.07, 6.45) is 1.03. The lowest BCUT2D eigenvalue weighted by Gasteiger charge is -2.16. The minimum absolute atomic E-state index is 0.375. The van der Waals surface area contributed by atoms with Gasteiger partial charge in [-0.15, -0.1) is 0 Å². The Morgan fingerprint density at radius 3 is 2.33 bits per heavy atom. The van der Waals surface area contributed by atoms with Crippen LogP contribution in [0.4, 0.5) is 0 Å². The topological polar surface area (TPSA) is 0 Å². The van der Waals surface area contributed by atoms with Crippen LogP contribution in [0.1, 0.15) is 33.7 Å². The minimum atomic E-state index is 0.375. The van der Waals surface area contributed by atoms with Crippen molar-refractivity contribution in [2.45, 2.75) is 12.3 Å². The second kappa shape index (κ2) is 4.36. The molecule has 0 N–H and O–H groups in total. The van der Waals surface area contributed by atoms with Gasteiger partial charge in [-0.05, 0) is 56.1 Å². The molecular formula is C24H16. The lowest BCUT2D eigenvalue weighted by molar-refractivity contribution is 1.00. The third kappa shape index (κ3) is 1.44. The maximum absolute atomic E-state index is 2.33. The smallest absolute Gasteiger partial charge is 0.0361 e. The predicted octanol–water partition coefficient (Wildman–Crippen LogP) is 5.90. The first kappa shape index (κ1) is 12.5. The van der Waals surface area contributed by atoms with Crippen molar-refractivity contribution in [2.24, 2.45) is 0 Å². The molecule has 1 atom stereocenters. The van der Waals surface area contributed by atoms with Crippen LogP contribution in [0.3, 0.4) is 0 Å². The Balaban J connectivity index is 1.87. The molecule has 6 rings (SSSR count). The molecule has 0 heterocycles. The molecule has 0 bridgehead atoms. The number of hydrogen-bond acceptors (Lipinski definition) is 0. The van der Waals surface area contributed by atoms with Crippen LogP contribution in [0.15, 0.2) is 78.9 Å². The van der Waals surface area contributed by atoms with Gasteiger partial charge in [0.05, 0.1) is 0 Å². The van der Waals surface area contributed by atoms with Crippen LogP contribution in [0.2, 0.25) is 0 Å². The monoisotopic (exact) mass is 304 g/mol. The van der Waals surface area contributed by atoms with E-state index in [0.29, 0.717) is 5.92 Å². The molecule has 0 saturated carbocycles. The highest BCUT2D eigenvalue weighted by Gasteiger charge is 2.34. The van der Waals surface area contributed by atoms with Crippen LogP contribution in [0.5, 0.6) is 0 Å². The van der Waals surface area contributed by atoms with Crippen molar-refractivity contribution in [3.8, 4) is 11.1 Å². The van der Waals surface area contributed by atoms with E-state index in [-0.39, 0.29) is 0 Å². The van der Waals surface area contributed by atoms with E-state index in [4.69, 9.17) is 0 Å². The Hall–Kier alpha value is -2.86. The fourth-order valence-corrected chi connectivity index (χ4v) is 4.82. The van der Waals surface area contributed by atoms with Gasteiger partial charge in [0.25, 0.3) is 0 Å². The summed E-state index contributed by atoms with van der Waals surface area (Å²) in [6, 6.07) is 29.4. The van der Waals surface area contributed by atoms with Crippen molar-refractivity contribution >= 4 is 10.8 Å². The van der Waals surface area contributed by atoms with E-state index in [1.807, 2.05) is 0 Å². The molecule has 4 aromatic carbocycles. The lowest BCUT2D eigenvalue weighted by atomic mass is 9.86. The van der Waals surface area contributed by atoms with Crippen LogP contribution in [-0.2, 0) is 6.42 Å². The molecule has 0 aliphatic heterocycles. The van der Waals surface area contributed by atoms with Crippen molar-refractivity contribution in [1.29, 1.82) is 0 Å². The van der Waals surface area contributed by atoms with E-state index in [0.717, 1.165) is 6.42 Å². The Morgan fingerprint density at radius 2 is 1.38 bits per heavy atom. The van der Waals surface area contributed by atoms with E-state index in [1.54, 1.807) is 0 Å². The van der Waals surface area contributed by atoms with Crippen LogP contribution < -0.4 is 0 Å². The summed E-state index contributed by atoms with van der Waals surface area (Å²) in [5.41, 5.74) is 10.2. The molecule has 0 spiro atoms. The Bertz CT molecular complexity index is 1130. The van der Waals surface area contributed by atoms with Crippen LogP contribution in [0, 0.1) is 0 Å². The van der Waals surface area contributed by atoms with Gasteiger partial charge in [-0.3, -0.25) is 0 Å². The second-order valence-electron chi connectivity index (χ2n) is 6.94. The average molecular weight is 304 g/mol. The zero-order chi connectivity index (χ0) is 15.7. The molecule has 2 aliphatic rings. The van der Waals surface area contributed by atoms with E-state index >= 15 is 0 Å². The average Bonchev–Trinajstić information content (AvgIpc) is 2.88. The number of fused-ring (bicyclic) bond motifs is 5.